The molecule has 0 bridgehead atoms. The van der Waals surface area contributed by atoms with Crippen LogP contribution in [0.25, 0.3) is 10.9 Å². The molecule has 1 aromatic heterocycles. The zero-order valence-corrected chi connectivity index (χ0v) is 11.8. The highest BCUT2D eigenvalue weighted by molar-refractivity contribution is 5.86. The zero-order chi connectivity index (χ0) is 14.1. The molecule has 1 atom stereocenters. The Bertz CT molecular complexity index is 615. The molecular formula is C16H21N3O. The van der Waals surface area contributed by atoms with E-state index in [4.69, 9.17) is 5.73 Å². The van der Waals surface area contributed by atoms with Gasteiger partial charge in [-0.2, -0.15) is 0 Å². The predicted molar refractivity (Wildman–Crippen MR) is 80.4 cm³/mol. The van der Waals surface area contributed by atoms with E-state index in [1.54, 1.807) is 0 Å². The van der Waals surface area contributed by atoms with Crippen molar-refractivity contribution < 1.29 is 4.79 Å². The Balaban J connectivity index is 1.71. The molecule has 106 valence electrons. The molecular weight excluding hydrogens is 250 g/mol. The van der Waals surface area contributed by atoms with Crippen molar-refractivity contribution in [2.75, 3.05) is 7.05 Å². The minimum Gasteiger partial charge on any atom is -0.361 e. The number of nitrogens with one attached hydrogen (secondary N) is 1. The normalized spacial score (nSPS) is 16.9. The number of likely N-dealkylation sites (N-methyl/N-ethyl adjacent to an activating group) is 1. The smallest absolute Gasteiger partial charge is 0.239 e. The van der Waals surface area contributed by atoms with E-state index < -0.39 is 6.04 Å². The molecule has 1 amide bonds. The van der Waals surface area contributed by atoms with E-state index in [0.29, 0.717) is 12.5 Å². The number of rotatable bonds is 4. The molecule has 4 nitrogen and oxygen atoms in total. The van der Waals surface area contributed by atoms with Crippen LogP contribution in [0.4, 0.5) is 0 Å². The molecule has 0 saturated heterocycles. The summed E-state index contributed by atoms with van der Waals surface area (Å²) < 4.78 is 0. The maximum atomic E-state index is 12.3. The van der Waals surface area contributed by atoms with Crippen LogP contribution >= 0.6 is 0 Å². The Hall–Kier alpha value is -1.81. The van der Waals surface area contributed by atoms with Gasteiger partial charge in [0.2, 0.25) is 5.91 Å². The SMILES string of the molecule is CN(C(=O)C(N)Cc1c[nH]c2ccccc12)C1CCC1. The fourth-order valence-corrected chi connectivity index (χ4v) is 2.84. The van der Waals surface area contributed by atoms with Gasteiger partial charge in [0.25, 0.3) is 0 Å². The minimum absolute atomic E-state index is 0.0555. The lowest BCUT2D eigenvalue weighted by Crippen LogP contribution is -2.49. The molecule has 1 fully saturated rings. The molecule has 20 heavy (non-hydrogen) atoms. The molecule has 2 aromatic rings. The third kappa shape index (κ3) is 2.31. The van der Waals surface area contributed by atoms with Gasteiger partial charge in [-0.1, -0.05) is 18.2 Å². The standard InChI is InChI=1S/C16H21N3O/c1-19(12-5-4-6-12)16(20)14(17)9-11-10-18-15-8-3-2-7-13(11)15/h2-3,7-8,10,12,14,18H,4-6,9,17H2,1H3. The zero-order valence-electron chi connectivity index (χ0n) is 11.8. The maximum Gasteiger partial charge on any atom is 0.239 e. The van der Waals surface area contributed by atoms with E-state index in [1.807, 2.05) is 36.3 Å². The van der Waals surface area contributed by atoms with E-state index in [-0.39, 0.29) is 5.91 Å². The van der Waals surface area contributed by atoms with Crippen molar-refractivity contribution in [1.82, 2.24) is 9.88 Å². The lowest BCUT2D eigenvalue weighted by molar-refractivity contribution is -0.134. The molecule has 3 rings (SSSR count). The van der Waals surface area contributed by atoms with Crippen molar-refractivity contribution in [2.45, 2.75) is 37.8 Å². The number of hydrogen-bond donors (Lipinski definition) is 2. The van der Waals surface area contributed by atoms with Crippen LogP contribution in [0.3, 0.4) is 0 Å². The summed E-state index contributed by atoms with van der Waals surface area (Å²) in [6.45, 7) is 0. The van der Waals surface area contributed by atoms with Gasteiger partial charge in [-0.3, -0.25) is 4.79 Å². The highest BCUT2D eigenvalue weighted by Crippen LogP contribution is 2.24. The topological polar surface area (TPSA) is 62.1 Å². The minimum atomic E-state index is -0.459. The van der Waals surface area contributed by atoms with Crippen LogP contribution in [-0.4, -0.2) is 34.9 Å². The molecule has 1 unspecified atom stereocenters. The lowest BCUT2D eigenvalue weighted by atomic mass is 9.91. The van der Waals surface area contributed by atoms with Gasteiger partial charge >= 0.3 is 0 Å². The molecule has 1 aliphatic carbocycles. The van der Waals surface area contributed by atoms with Crippen LogP contribution in [-0.2, 0) is 11.2 Å². The summed E-state index contributed by atoms with van der Waals surface area (Å²) in [7, 11) is 1.88. The number of carbonyl (C=O) groups excluding carboxylic acids is 1. The molecule has 1 aliphatic rings. The number of nitrogens with zero attached hydrogens (tertiary/aromatic N) is 1. The van der Waals surface area contributed by atoms with Gasteiger partial charge in [0.1, 0.15) is 0 Å². The van der Waals surface area contributed by atoms with Crippen LogP contribution < -0.4 is 5.73 Å². The quantitative estimate of drug-likeness (QED) is 0.894. The van der Waals surface area contributed by atoms with Crippen LogP contribution in [0.15, 0.2) is 30.5 Å². The monoisotopic (exact) mass is 271 g/mol. The molecule has 0 radical (unpaired) electrons. The second kappa shape index (κ2) is 5.29. The molecule has 4 heteroatoms. The fraction of sp³-hybridized carbons (Fsp3) is 0.438. The Kier molecular flexibility index (Phi) is 3.49. The first-order chi connectivity index (χ1) is 9.66. The van der Waals surface area contributed by atoms with Crippen molar-refractivity contribution in [3.63, 3.8) is 0 Å². The summed E-state index contributed by atoms with van der Waals surface area (Å²) >= 11 is 0. The number of hydrogen-bond acceptors (Lipinski definition) is 2. The Morgan fingerprint density at radius 2 is 2.20 bits per heavy atom. The Morgan fingerprint density at radius 3 is 2.90 bits per heavy atom. The van der Waals surface area contributed by atoms with E-state index in [9.17, 15) is 4.79 Å². The van der Waals surface area contributed by atoms with Gasteiger partial charge in [0.15, 0.2) is 0 Å². The number of aromatic amines is 1. The Labute approximate surface area is 118 Å². The van der Waals surface area contributed by atoms with Crippen LogP contribution in [0.1, 0.15) is 24.8 Å². The summed E-state index contributed by atoms with van der Waals surface area (Å²) in [5.41, 5.74) is 8.32. The van der Waals surface area contributed by atoms with Crippen molar-refractivity contribution in [3.05, 3.63) is 36.0 Å². The van der Waals surface area contributed by atoms with Crippen molar-refractivity contribution in [3.8, 4) is 0 Å². The number of amides is 1. The van der Waals surface area contributed by atoms with Crippen molar-refractivity contribution >= 4 is 16.8 Å². The average Bonchev–Trinajstić information content (AvgIpc) is 2.79. The van der Waals surface area contributed by atoms with Gasteiger partial charge in [-0.25, -0.2) is 0 Å². The molecule has 0 spiro atoms. The van der Waals surface area contributed by atoms with E-state index in [1.165, 1.54) is 6.42 Å². The molecule has 1 heterocycles. The predicted octanol–water partition coefficient (Wildman–Crippen LogP) is 2.05. The van der Waals surface area contributed by atoms with E-state index >= 15 is 0 Å². The third-order valence-electron chi connectivity index (χ3n) is 4.40. The highest BCUT2D eigenvalue weighted by atomic mass is 16.2. The average molecular weight is 271 g/mol. The fourth-order valence-electron chi connectivity index (χ4n) is 2.84. The number of carbonyl (C=O) groups is 1. The van der Waals surface area contributed by atoms with Gasteiger partial charge in [-0.05, 0) is 37.3 Å². The van der Waals surface area contributed by atoms with Crippen LogP contribution in [0.2, 0.25) is 0 Å². The number of fused-ring (bicyclic) bond motifs is 1. The number of aromatic nitrogens is 1. The number of benzene rings is 1. The number of H-pyrrole nitrogens is 1. The second-order valence-corrected chi connectivity index (χ2v) is 5.70. The summed E-state index contributed by atoms with van der Waals surface area (Å²) in [6.07, 6.45) is 5.99. The van der Waals surface area contributed by atoms with Gasteiger partial charge in [-0.15, -0.1) is 0 Å². The largest absolute Gasteiger partial charge is 0.361 e. The first kappa shape index (κ1) is 13.2. The first-order valence-electron chi connectivity index (χ1n) is 7.24. The second-order valence-electron chi connectivity index (χ2n) is 5.70. The number of nitrogens with two attached hydrogens (primary N) is 1. The lowest BCUT2D eigenvalue weighted by Gasteiger charge is -2.36. The van der Waals surface area contributed by atoms with Crippen molar-refractivity contribution in [1.29, 1.82) is 0 Å². The van der Waals surface area contributed by atoms with Gasteiger partial charge in [0.05, 0.1) is 6.04 Å². The van der Waals surface area contributed by atoms with Crippen LogP contribution in [0.5, 0.6) is 0 Å². The third-order valence-corrected chi connectivity index (χ3v) is 4.40. The summed E-state index contributed by atoms with van der Waals surface area (Å²) in [6, 6.07) is 8.04. The van der Waals surface area contributed by atoms with Crippen molar-refractivity contribution in [2.24, 2.45) is 5.73 Å². The molecule has 0 aliphatic heterocycles. The van der Waals surface area contributed by atoms with Gasteiger partial charge < -0.3 is 15.6 Å². The van der Waals surface area contributed by atoms with E-state index in [2.05, 4.69) is 11.1 Å². The summed E-state index contributed by atoms with van der Waals surface area (Å²) in [4.78, 5) is 17.4. The molecule has 1 aromatic carbocycles. The molecule has 1 saturated carbocycles. The maximum absolute atomic E-state index is 12.3. The van der Waals surface area contributed by atoms with Crippen LogP contribution in [0, 0.1) is 0 Å². The molecule has 3 N–H and O–H groups in total. The summed E-state index contributed by atoms with van der Waals surface area (Å²) in [5.74, 6) is 0.0555. The highest BCUT2D eigenvalue weighted by Gasteiger charge is 2.28. The van der Waals surface area contributed by atoms with Gasteiger partial charge in [0, 0.05) is 30.2 Å². The van der Waals surface area contributed by atoms with E-state index in [0.717, 1.165) is 29.3 Å². The Morgan fingerprint density at radius 1 is 1.45 bits per heavy atom. The first-order valence-corrected chi connectivity index (χ1v) is 7.24. The summed E-state index contributed by atoms with van der Waals surface area (Å²) in [5, 5.41) is 1.15. The number of para-hydroxylation sites is 1.